The summed E-state index contributed by atoms with van der Waals surface area (Å²) < 4.78 is 35.5. The molecule has 12 heteroatoms. The van der Waals surface area contributed by atoms with E-state index in [1.54, 1.807) is 17.0 Å². The average Bonchev–Trinajstić information content (AvgIpc) is 3.55. The first kappa shape index (κ1) is 27.8. The number of hydrogen-bond acceptors (Lipinski definition) is 8. The van der Waals surface area contributed by atoms with Gasteiger partial charge in [-0.15, -0.1) is 0 Å². The lowest BCUT2D eigenvalue weighted by Crippen LogP contribution is -2.43. The SMILES string of the molecule is CCc1c(F)ccc2cc(O)cc(N3Cc4nc(OCC56CCCN5CC(F)C6)nc(N5CCCNC(=O)C5)c4C3=O)c12. The summed E-state index contributed by atoms with van der Waals surface area (Å²) in [6, 6.07) is 6.04. The standard InChI is InChI=1S/C31H34F2N6O4/c1-2-21-22(33)6-5-18-11-20(40)12-24(26(18)21)39-15-23-27(29(39)42)28(37-9-4-8-34-25(41)16-37)36-30(35-23)43-17-31-7-3-10-38(31)14-19(32)13-31/h5-6,11-12,19,40H,2-4,7-10,13-17H2,1H3,(H,34,41). The number of phenols is 1. The lowest BCUT2D eigenvalue weighted by Gasteiger charge is -2.31. The maximum Gasteiger partial charge on any atom is 0.318 e. The van der Waals surface area contributed by atoms with Gasteiger partial charge >= 0.3 is 6.01 Å². The van der Waals surface area contributed by atoms with Crippen molar-refractivity contribution < 1.29 is 28.2 Å². The minimum Gasteiger partial charge on any atom is -0.508 e. The van der Waals surface area contributed by atoms with Gasteiger partial charge in [0.2, 0.25) is 5.91 Å². The zero-order valence-electron chi connectivity index (χ0n) is 24.0. The van der Waals surface area contributed by atoms with E-state index in [9.17, 15) is 23.5 Å². The van der Waals surface area contributed by atoms with Gasteiger partial charge in [-0.05, 0) is 55.3 Å². The van der Waals surface area contributed by atoms with Crippen LogP contribution in [0, 0.1) is 5.82 Å². The van der Waals surface area contributed by atoms with E-state index in [0.29, 0.717) is 72.4 Å². The summed E-state index contributed by atoms with van der Waals surface area (Å²) in [7, 11) is 0. The van der Waals surface area contributed by atoms with Crippen LogP contribution in [0.5, 0.6) is 11.8 Å². The van der Waals surface area contributed by atoms with Crippen LogP contribution in [-0.4, -0.2) is 82.8 Å². The van der Waals surface area contributed by atoms with Crippen LogP contribution in [0.2, 0.25) is 0 Å². The minimum atomic E-state index is -0.905. The molecule has 10 nitrogen and oxygen atoms in total. The molecule has 2 unspecified atom stereocenters. The second-order valence-electron chi connectivity index (χ2n) is 12.0. The molecule has 0 spiro atoms. The third kappa shape index (κ3) is 4.72. The number of benzene rings is 2. The second-order valence-corrected chi connectivity index (χ2v) is 12.0. The maximum atomic E-state index is 14.9. The Morgan fingerprint density at radius 1 is 1.16 bits per heavy atom. The van der Waals surface area contributed by atoms with Crippen molar-refractivity contribution in [3.05, 3.63) is 46.9 Å². The number of alkyl halides is 1. The molecule has 4 aliphatic heterocycles. The fourth-order valence-electron chi connectivity index (χ4n) is 7.32. The van der Waals surface area contributed by atoms with E-state index < -0.39 is 17.6 Å². The molecule has 3 fully saturated rings. The smallest absolute Gasteiger partial charge is 0.318 e. The summed E-state index contributed by atoms with van der Waals surface area (Å²) in [6.45, 7) is 4.33. The Morgan fingerprint density at radius 3 is 2.86 bits per heavy atom. The van der Waals surface area contributed by atoms with Gasteiger partial charge in [0.1, 0.15) is 35.7 Å². The van der Waals surface area contributed by atoms with Gasteiger partial charge in [0.05, 0.1) is 30.0 Å². The van der Waals surface area contributed by atoms with Crippen molar-refractivity contribution in [1.29, 1.82) is 0 Å². The lowest BCUT2D eigenvalue weighted by atomic mass is 9.95. The first-order valence-corrected chi connectivity index (χ1v) is 15.0. The van der Waals surface area contributed by atoms with E-state index >= 15 is 0 Å². The Bertz CT molecular complexity index is 1640. The number of aryl methyl sites for hydroxylation is 1. The molecule has 2 N–H and O–H groups in total. The Balaban J connectivity index is 1.30. The number of hydrogen-bond donors (Lipinski definition) is 2. The number of rotatable bonds is 6. The number of anilines is 2. The zero-order valence-corrected chi connectivity index (χ0v) is 24.0. The largest absolute Gasteiger partial charge is 0.508 e. The Labute approximate surface area is 247 Å². The molecule has 7 rings (SSSR count). The third-order valence-electron chi connectivity index (χ3n) is 9.28. The molecular weight excluding hydrogens is 558 g/mol. The van der Waals surface area contributed by atoms with E-state index in [1.807, 2.05) is 6.92 Å². The fourth-order valence-corrected chi connectivity index (χ4v) is 7.32. The summed E-state index contributed by atoms with van der Waals surface area (Å²) in [5.41, 5.74) is 1.07. The molecule has 0 aliphatic carbocycles. The van der Waals surface area contributed by atoms with Gasteiger partial charge in [-0.1, -0.05) is 13.0 Å². The summed E-state index contributed by atoms with van der Waals surface area (Å²) in [4.78, 5) is 41.5. The second kappa shape index (κ2) is 10.6. The maximum absolute atomic E-state index is 14.9. The quantitative estimate of drug-likeness (QED) is 0.448. The van der Waals surface area contributed by atoms with E-state index in [-0.39, 0.29) is 48.7 Å². The van der Waals surface area contributed by atoms with Gasteiger partial charge < -0.3 is 25.0 Å². The van der Waals surface area contributed by atoms with Crippen LogP contribution >= 0.6 is 0 Å². The molecule has 0 bridgehead atoms. The lowest BCUT2D eigenvalue weighted by molar-refractivity contribution is -0.119. The van der Waals surface area contributed by atoms with Crippen molar-refractivity contribution in [2.75, 3.05) is 49.1 Å². The number of amides is 2. The molecule has 2 aromatic carbocycles. The fraction of sp³-hybridized carbons (Fsp3) is 0.484. The molecule has 4 aliphatic rings. The molecular formula is C31H34F2N6O4. The predicted molar refractivity (Wildman–Crippen MR) is 156 cm³/mol. The summed E-state index contributed by atoms with van der Waals surface area (Å²) in [6.07, 6.45) is 2.33. The monoisotopic (exact) mass is 592 g/mol. The van der Waals surface area contributed by atoms with Gasteiger partial charge in [0.25, 0.3) is 5.91 Å². The topological polar surface area (TPSA) is 111 Å². The molecule has 3 saturated heterocycles. The number of carbonyl (C=O) groups excluding carboxylic acids is 2. The molecule has 43 heavy (non-hydrogen) atoms. The number of aromatic hydroxyl groups is 1. The van der Waals surface area contributed by atoms with E-state index in [1.165, 1.54) is 17.0 Å². The van der Waals surface area contributed by atoms with Crippen LogP contribution in [0.1, 0.15) is 54.2 Å². The molecule has 0 saturated carbocycles. The molecule has 3 aromatic rings. The summed E-state index contributed by atoms with van der Waals surface area (Å²) in [5, 5.41) is 14.6. The van der Waals surface area contributed by atoms with Crippen LogP contribution in [0.4, 0.5) is 20.3 Å². The van der Waals surface area contributed by atoms with Crippen LogP contribution in [0.3, 0.4) is 0 Å². The van der Waals surface area contributed by atoms with Gasteiger partial charge in [-0.25, -0.2) is 8.78 Å². The van der Waals surface area contributed by atoms with E-state index in [2.05, 4.69) is 20.2 Å². The molecule has 1 aromatic heterocycles. The van der Waals surface area contributed by atoms with Crippen molar-refractivity contribution in [1.82, 2.24) is 20.2 Å². The molecule has 0 radical (unpaired) electrons. The van der Waals surface area contributed by atoms with Gasteiger partial charge in [-0.2, -0.15) is 9.97 Å². The number of halogens is 2. The Hall–Kier alpha value is -4.06. The van der Waals surface area contributed by atoms with Crippen molar-refractivity contribution in [2.24, 2.45) is 0 Å². The highest BCUT2D eigenvalue weighted by atomic mass is 19.1. The number of nitrogens with one attached hydrogen (secondary N) is 1. The van der Waals surface area contributed by atoms with Crippen molar-refractivity contribution in [3.63, 3.8) is 0 Å². The number of phenolic OH excluding ortho intramolecular Hbond substituents is 1. The van der Waals surface area contributed by atoms with Gasteiger partial charge in [0.15, 0.2) is 0 Å². The number of nitrogens with zero attached hydrogens (tertiary/aromatic N) is 5. The molecule has 2 amide bonds. The highest BCUT2D eigenvalue weighted by Gasteiger charge is 2.49. The Morgan fingerprint density at radius 2 is 2.02 bits per heavy atom. The number of carbonyl (C=O) groups is 2. The van der Waals surface area contributed by atoms with E-state index in [4.69, 9.17) is 4.74 Å². The summed E-state index contributed by atoms with van der Waals surface area (Å²) in [5.74, 6) is -0.734. The first-order chi connectivity index (χ1) is 20.8. The Kier molecular flexibility index (Phi) is 6.83. The van der Waals surface area contributed by atoms with Crippen LogP contribution in [0.25, 0.3) is 10.8 Å². The van der Waals surface area contributed by atoms with Gasteiger partial charge in [0, 0.05) is 37.5 Å². The van der Waals surface area contributed by atoms with Crippen molar-refractivity contribution >= 4 is 34.1 Å². The first-order valence-electron chi connectivity index (χ1n) is 15.0. The molecule has 5 heterocycles. The van der Waals surface area contributed by atoms with E-state index in [0.717, 1.165) is 19.4 Å². The van der Waals surface area contributed by atoms with Crippen LogP contribution in [0.15, 0.2) is 24.3 Å². The normalized spacial score (nSPS) is 23.9. The number of ether oxygens (including phenoxy) is 1. The summed E-state index contributed by atoms with van der Waals surface area (Å²) >= 11 is 0. The van der Waals surface area contributed by atoms with Crippen LogP contribution < -0.4 is 19.9 Å². The number of fused-ring (bicyclic) bond motifs is 3. The predicted octanol–water partition coefficient (Wildman–Crippen LogP) is 3.48. The number of aromatic nitrogens is 2. The van der Waals surface area contributed by atoms with Gasteiger partial charge in [-0.3, -0.25) is 14.5 Å². The van der Waals surface area contributed by atoms with Crippen molar-refractivity contribution in [2.45, 2.75) is 57.3 Å². The minimum absolute atomic E-state index is 0.0116. The zero-order chi connectivity index (χ0) is 29.9. The average molecular weight is 593 g/mol. The van der Waals surface area contributed by atoms with Crippen LogP contribution in [-0.2, 0) is 17.8 Å². The highest BCUT2D eigenvalue weighted by molar-refractivity contribution is 6.16. The third-order valence-corrected chi connectivity index (χ3v) is 9.28. The molecule has 226 valence electrons. The highest BCUT2D eigenvalue weighted by Crippen LogP contribution is 2.42. The van der Waals surface area contributed by atoms with Crippen molar-refractivity contribution in [3.8, 4) is 11.8 Å². The molecule has 2 atom stereocenters.